The minimum absolute atomic E-state index is 0.0540. The number of nitrogens with zero attached hydrogens (tertiary/aromatic N) is 3. The fraction of sp³-hybridized carbons (Fsp3) is 0.0870. The summed E-state index contributed by atoms with van der Waals surface area (Å²) in [5.41, 5.74) is 3.08. The van der Waals surface area contributed by atoms with E-state index in [1.54, 1.807) is 54.6 Å². The highest BCUT2D eigenvalue weighted by Gasteiger charge is 2.29. The van der Waals surface area contributed by atoms with Crippen LogP contribution in [0.15, 0.2) is 81.1 Å². The Hall–Kier alpha value is -3.30. The molecule has 0 aliphatic heterocycles. The smallest absolute Gasteiger partial charge is 0.335 e. The minimum atomic E-state index is -4.00. The van der Waals surface area contributed by atoms with Gasteiger partial charge in [-0.05, 0) is 67.4 Å². The molecule has 4 rings (SSSR count). The lowest BCUT2D eigenvalue weighted by molar-refractivity contribution is 0.0697. The molecule has 0 aliphatic carbocycles. The largest absolute Gasteiger partial charge is 0.478 e. The van der Waals surface area contributed by atoms with Gasteiger partial charge in [0.1, 0.15) is 5.69 Å². The Labute approximate surface area is 193 Å². The summed E-state index contributed by atoms with van der Waals surface area (Å²) < 4.78 is 29.3. The Morgan fingerprint density at radius 1 is 0.969 bits per heavy atom. The summed E-state index contributed by atoms with van der Waals surface area (Å²) >= 11 is 3.39. The van der Waals surface area contributed by atoms with Gasteiger partial charge in [-0.25, -0.2) is 17.9 Å². The number of aryl methyl sites for hydroxylation is 2. The average Bonchev–Trinajstić information content (AvgIpc) is 3.22. The van der Waals surface area contributed by atoms with Crippen LogP contribution >= 0.6 is 15.9 Å². The molecule has 0 amide bonds. The maximum Gasteiger partial charge on any atom is 0.335 e. The van der Waals surface area contributed by atoms with Crippen LogP contribution in [0.5, 0.6) is 0 Å². The Bertz CT molecular complexity index is 1440. The molecular weight excluding hydrogens is 494 g/mol. The minimum Gasteiger partial charge on any atom is -0.478 e. The first-order chi connectivity index (χ1) is 15.2. The molecule has 0 saturated heterocycles. The molecule has 9 heteroatoms. The normalized spacial score (nSPS) is 11.5. The van der Waals surface area contributed by atoms with Gasteiger partial charge < -0.3 is 5.11 Å². The van der Waals surface area contributed by atoms with Crippen LogP contribution in [0.2, 0.25) is 0 Å². The molecule has 0 radical (unpaired) electrons. The zero-order valence-electron chi connectivity index (χ0n) is 17.2. The molecule has 0 atom stereocenters. The first-order valence-electron chi connectivity index (χ1n) is 9.56. The number of hydrogen-bond acceptors (Lipinski definition) is 5. The van der Waals surface area contributed by atoms with Gasteiger partial charge in [0.05, 0.1) is 16.1 Å². The van der Waals surface area contributed by atoms with Crippen LogP contribution in [0.3, 0.4) is 0 Å². The van der Waals surface area contributed by atoms with E-state index in [1.165, 1.54) is 16.8 Å². The molecule has 0 saturated carbocycles. The maximum atomic E-state index is 13.6. The summed E-state index contributed by atoms with van der Waals surface area (Å²) in [6, 6.07) is 18.1. The van der Waals surface area contributed by atoms with Crippen LogP contribution in [0, 0.1) is 13.8 Å². The number of carbonyl (C=O) groups is 1. The van der Waals surface area contributed by atoms with Gasteiger partial charge in [0.2, 0.25) is 14.9 Å². The number of benzene rings is 3. The number of aromatic nitrogens is 3. The van der Waals surface area contributed by atoms with Crippen molar-refractivity contribution < 1.29 is 18.3 Å². The van der Waals surface area contributed by atoms with Crippen molar-refractivity contribution in [3.05, 3.63) is 87.9 Å². The topological polar surface area (TPSA) is 102 Å². The lowest BCUT2D eigenvalue weighted by atomic mass is 10.1. The van der Waals surface area contributed by atoms with Crippen LogP contribution in [0.25, 0.3) is 16.9 Å². The fourth-order valence-corrected chi connectivity index (χ4v) is 4.92. The van der Waals surface area contributed by atoms with Crippen molar-refractivity contribution in [2.45, 2.75) is 23.8 Å². The predicted octanol–water partition coefficient (Wildman–Crippen LogP) is 4.84. The molecule has 1 aromatic heterocycles. The Balaban J connectivity index is 1.98. The summed E-state index contributed by atoms with van der Waals surface area (Å²) in [4.78, 5) is 11.6. The second-order valence-corrected chi connectivity index (χ2v) is 10.0. The van der Waals surface area contributed by atoms with Crippen molar-refractivity contribution in [2.24, 2.45) is 0 Å². The van der Waals surface area contributed by atoms with Crippen molar-refractivity contribution in [3.8, 4) is 16.9 Å². The van der Waals surface area contributed by atoms with Crippen molar-refractivity contribution in [3.63, 3.8) is 0 Å². The van der Waals surface area contributed by atoms with Gasteiger partial charge in [-0.1, -0.05) is 45.4 Å². The Morgan fingerprint density at radius 3 is 2.34 bits per heavy atom. The predicted molar refractivity (Wildman–Crippen MR) is 123 cm³/mol. The number of hydrogen-bond donors (Lipinski definition) is 1. The maximum absolute atomic E-state index is 13.6. The van der Waals surface area contributed by atoms with Crippen LogP contribution < -0.4 is 0 Å². The Morgan fingerprint density at radius 2 is 1.69 bits per heavy atom. The van der Waals surface area contributed by atoms with Crippen LogP contribution in [0.1, 0.15) is 21.5 Å². The average molecular weight is 512 g/mol. The van der Waals surface area contributed by atoms with Crippen LogP contribution in [0.4, 0.5) is 0 Å². The van der Waals surface area contributed by atoms with E-state index in [9.17, 15) is 18.3 Å². The first kappa shape index (κ1) is 21.9. The molecule has 4 aromatic rings. The van der Waals surface area contributed by atoms with Gasteiger partial charge in [-0.15, -0.1) is 5.10 Å². The monoisotopic (exact) mass is 511 g/mol. The molecule has 0 aliphatic rings. The lowest BCUT2D eigenvalue weighted by Gasteiger charge is -2.10. The second-order valence-electron chi connectivity index (χ2n) is 7.27. The number of aromatic carboxylic acids is 1. The summed E-state index contributed by atoms with van der Waals surface area (Å²) in [6.45, 7) is 3.75. The molecule has 0 unspecified atom stereocenters. The highest BCUT2D eigenvalue weighted by Crippen LogP contribution is 2.33. The third-order valence-corrected chi connectivity index (χ3v) is 7.33. The van der Waals surface area contributed by atoms with E-state index < -0.39 is 15.8 Å². The molecule has 7 nitrogen and oxygen atoms in total. The summed E-state index contributed by atoms with van der Waals surface area (Å²) in [5, 5.41) is 17.3. The van der Waals surface area contributed by atoms with Gasteiger partial charge in [-0.2, -0.15) is 0 Å². The highest BCUT2D eigenvalue weighted by molar-refractivity contribution is 9.10. The van der Waals surface area contributed by atoms with Crippen molar-refractivity contribution >= 4 is 31.7 Å². The van der Waals surface area contributed by atoms with Crippen LogP contribution in [-0.2, 0) is 9.84 Å². The fourth-order valence-electron chi connectivity index (χ4n) is 3.25. The molecule has 3 aromatic carbocycles. The third-order valence-electron chi connectivity index (χ3n) is 5.14. The first-order valence-corrected chi connectivity index (χ1v) is 11.8. The standard InChI is InChI=1S/C23H18BrN3O4S/c1-14-6-11-20(12-15(14)2)32(30,31)22-21(16-7-9-18(24)10-8-16)27(26-25-22)19-5-3-4-17(13-19)23(28)29/h3-13H,1-2H3,(H,28,29). The summed E-state index contributed by atoms with van der Waals surface area (Å²) in [7, 11) is -4.00. The van der Waals surface area contributed by atoms with Gasteiger partial charge in [0.25, 0.3) is 0 Å². The molecule has 0 bridgehead atoms. The zero-order valence-corrected chi connectivity index (χ0v) is 19.6. The van der Waals surface area contributed by atoms with Gasteiger partial charge in [0.15, 0.2) is 0 Å². The number of carboxylic acid groups (broad SMARTS) is 1. The molecule has 162 valence electrons. The zero-order chi connectivity index (χ0) is 23.0. The number of halogens is 1. The van der Waals surface area contributed by atoms with E-state index in [2.05, 4.69) is 26.2 Å². The third kappa shape index (κ3) is 3.96. The molecule has 1 N–H and O–H groups in total. The second kappa shape index (κ2) is 8.33. The Kier molecular flexibility index (Phi) is 5.70. The van der Waals surface area contributed by atoms with Gasteiger partial charge in [-0.3, -0.25) is 0 Å². The quantitative estimate of drug-likeness (QED) is 0.411. The molecule has 32 heavy (non-hydrogen) atoms. The summed E-state index contributed by atoms with van der Waals surface area (Å²) in [6.07, 6.45) is 0. The van der Waals surface area contributed by atoms with Gasteiger partial charge >= 0.3 is 5.97 Å². The number of sulfone groups is 1. The summed E-state index contributed by atoms with van der Waals surface area (Å²) in [5.74, 6) is -1.10. The lowest BCUT2D eigenvalue weighted by Crippen LogP contribution is -2.07. The van der Waals surface area contributed by atoms with E-state index in [4.69, 9.17) is 0 Å². The van der Waals surface area contributed by atoms with Crippen molar-refractivity contribution in [2.75, 3.05) is 0 Å². The molecule has 1 heterocycles. The van der Waals surface area contributed by atoms with Crippen LogP contribution in [-0.4, -0.2) is 34.5 Å². The number of rotatable bonds is 5. The van der Waals surface area contributed by atoms with E-state index >= 15 is 0 Å². The van der Waals surface area contributed by atoms with Crippen molar-refractivity contribution in [1.29, 1.82) is 0 Å². The van der Waals surface area contributed by atoms with E-state index in [0.717, 1.165) is 15.6 Å². The molecule has 0 fully saturated rings. The van der Waals surface area contributed by atoms with Gasteiger partial charge in [0, 0.05) is 10.0 Å². The number of carboxylic acids is 1. The van der Waals surface area contributed by atoms with E-state index in [1.807, 2.05) is 13.8 Å². The van der Waals surface area contributed by atoms with Crippen molar-refractivity contribution in [1.82, 2.24) is 15.0 Å². The van der Waals surface area contributed by atoms with E-state index in [-0.39, 0.29) is 21.2 Å². The molecular formula is C23H18BrN3O4S. The SMILES string of the molecule is Cc1ccc(S(=O)(=O)c2nnn(-c3cccc(C(=O)O)c3)c2-c2ccc(Br)cc2)cc1C. The van der Waals surface area contributed by atoms with E-state index in [0.29, 0.717) is 11.3 Å². The molecule has 0 spiro atoms. The highest BCUT2D eigenvalue weighted by atomic mass is 79.9.